The number of hydrogen-bond donors (Lipinski definition) is 4. The maximum absolute atomic E-state index is 11.9. The van der Waals surface area contributed by atoms with E-state index in [1.807, 2.05) is 0 Å². The van der Waals surface area contributed by atoms with Crippen LogP contribution in [0.4, 0.5) is 0 Å². The zero-order valence-corrected chi connectivity index (χ0v) is 29.7. The molecule has 0 heterocycles. The van der Waals surface area contributed by atoms with Crippen LogP contribution >= 0.6 is 0 Å². The lowest BCUT2D eigenvalue weighted by molar-refractivity contribution is -0.138. The summed E-state index contributed by atoms with van der Waals surface area (Å²) in [5, 5.41) is 20.0. The van der Waals surface area contributed by atoms with Gasteiger partial charge in [-0.15, -0.1) is 0 Å². The second kappa shape index (κ2) is 50.3. The fraction of sp³-hybridized carbons (Fsp3) is 0.853. The molecular formula is C34H68N2O11. The summed E-state index contributed by atoms with van der Waals surface area (Å²) in [7, 11) is 0. The maximum atomic E-state index is 11.9. The molecule has 0 rings (SSSR count). The monoisotopic (exact) mass is 680 g/mol. The molecule has 47 heavy (non-hydrogen) atoms. The van der Waals surface area contributed by atoms with Crippen LogP contribution in [0.2, 0.25) is 0 Å². The lowest BCUT2D eigenvalue weighted by Gasteiger charge is -2.08. The molecular weight excluding hydrogens is 612 g/mol. The van der Waals surface area contributed by atoms with E-state index in [1.165, 1.54) is 58.3 Å². The van der Waals surface area contributed by atoms with Crippen molar-refractivity contribution in [3.05, 3.63) is 0 Å². The molecule has 0 fully saturated rings. The van der Waals surface area contributed by atoms with E-state index in [4.69, 9.17) is 38.7 Å². The van der Waals surface area contributed by atoms with Crippen molar-refractivity contribution in [1.29, 1.82) is 0 Å². The molecule has 5 N–H and O–H groups in total. The fourth-order valence-electron chi connectivity index (χ4n) is 3.77. The number of unbranched alkanes of at least 4 members (excludes halogenated alkanes) is 11. The van der Waals surface area contributed by atoms with Crippen molar-refractivity contribution < 1.29 is 53.1 Å². The molecule has 0 saturated heterocycles. The summed E-state index contributed by atoms with van der Waals surface area (Å²) >= 11 is 0. The van der Waals surface area contributed by atoms with Crippen LogP contribution in [0.3, 0.4) is 0 Å². The molecule has 2 amide bonds. The fourth-order valence-corrected chi connectivity index (χ4v) is 3.77. The van der Waals surface area contributed by atoms with Crippen LogP contribution < -0.4 is 11.1 Å². The molecule has 0 radical (unpaired) electrons. The van der Waals surface area contributed by atoms with Gasteiger partial charge in [-0.1, -0.05) is 84.5 Å². The molecule has 13 nitrogen and oxygen atoms in total. The zero-order chi connectivity index (χ0) is 36.1. The van der Waals surface area contributed by atoms with Gasteiger partial charge in [-0.25, -0.2) is 0 Å². The first kappa shape index (κ1) is 51.2. The molecule has 0 aliphatic carbocycles. The minimum atomic E-state index is -0.813. The van der Waals surface area contributed by atoms with E-state index in [0.29, 0.717) is 78.7 Å². The highest BCUT2D eigenvalue weighted by Crippen LogP contribution is 2.13. The summed E-state index contributed by atoms with van der Waals surface area (Å²) in [5.41, 5.74) is 4.17. The van der Waals surface area contributed by atoms with E-state index >= 15 is 0 Å². The average Bonchev–Trinajstić information content (AvgIpc) is 3.02. The molecule has 13 heteroatoms. The predicted octanol–water partition coefficient (Wildman–Crippen LogP) is 5.30. The Morgan fingerprint density at radius 3 is 1.19 bits per heavy atom. The molecule has 0 aromatic carbocycles. The number of amides is 2. The van der Waals surface area contributed by atoms with Crippen molar-refractivity contribution in [1.82, 2.24) is 5.32 Å². The summed E-state index contributed by atoms with van der Waals surface area (Å²) < 4.78 is 21.5. The van der Waals surface area contributed by atoms with E-state index in [2.05, 4.69) is 24.9 Å². The Balaban J connectivity index is -0.000000913. The van der Waals surface area contributed by atoms with Crippen LogP contribution in [0.25, 0.3) is 0 Å². The highest BCUT2D eigenvalue weighted by Gasteiger charge is 2.01. The lowest BCUT2D eigenvalue weighted by atomic mass is 10.0. The number of carbonyl (C=O) groups excluding carboxylic acids is 3. The lowest BCUT2D eigenvalue weighted by Crippen LogP contribution is -2.27. The Hall–Kier alpha value is -2.61. The maximum Gasteiger partial charge on any atom is 0.303 e. The Bertz CT molecular complexity index is 662. The number of carboxylic acids is 2. The number of ether oxygens (including phenoxy) is 4. The summed E-state index contributed by atoms with van der Waals surface area (Å²) in [5.74, 6) is -1.43. The first-order valence-corrected chi connectivity index (χ1v) is 17.3. The van der Waals surface area contributed by atoms with Crippen molar-refractivity contribution >= 4 is 30.5 Å². The van der Waals surface area contributed by atoms with Gasteiger partial charge in [0.25, 0.3) is 0 Å². The minimum absolute atomic E-state index is 0.0798. The Labute approximate surface area is 284 Å². The van der Waals surface area contributed by atoms with E-state index < -0.39 is 11.9 Å². The molecule has 0 saturated carbocycles. The van der Waals surface area contributed by atoms with Gasteiger partial charge in [0.1, 0.15) is 6.29 Å². The molecule has 0 aliphatic heterocycles. The number of aliphatic carboxylic acids is 2. The van der Waals surface area contributed by atoms with E-state index in [9.17, 15) is 14.4 Å². The van der Waals surface area contributed by atoms with Gasteiger partial charge in [-0.2, -0.15) is 0 Å². The number of nitrogens with one attached hydrogen (secondary N) is 1. The number of carboxylic acid groups (broad SMARTS) is 2. The molecule has 0 bridgehead atoms. The Kier molecular flexibility index (Phi) is 54.8. The number of primary amides is 1. The normalized spacial score (nSPS) is 9.85. The van der Waals surface area contributed by atoms with E-state index in [1.54, 1.807) is 0 Å². The molecule has 0 atom stereocenters. The summed E-state index contributed by atoms with van der Waals surface area (Å²) in [6, 6.07) is 0. The largest absolute Gasteiger partial charge is 0.481 e. The zero-order valence-electron chi connectivity index (χ0n) is 29.7. The minimum Gasteiger partial charge on any atom is -0.481 e. The van der Waals surface area contributed by atoms with Crippen molar-refractivity contribution in [3.63, 3.8) is 0 Å². The Morgan fingerprint density at radius 2 is 0.830 bits per heavy atom. The number of nitrogens with two attached hydrogens (primary N) is 1. The van der Waals surface area contributed by atoms with Crippen molar-refractivity contribution in [2.45, 2.75) is 130 Å². The van der Waals surface area contributed by atoms with Gasteiger partial charge in [0.15, 0.2) is 0 Å². The van der Waals surface area contributed by atoms with Crippen LogP contribution in [0.5, 0.6) is 0 Å². The number of aldehydes is 1. The highest BCUT2D eigenvalue weighted by molar-refractivity contribution is 5.75. The van der Waals surface area contributed by atoms with Gasteiger partial charge in [-0.05, 0) is 26.2 Å². The molecule has 0 aromatic heterocycles. The van der Waals surface area contributed by atoms with Crippen molar-refractivity contribution in [2.24, 2.45) is 5.73 Å². The summed E-state index contributed by atoms with van der Waals surface area (Å²) in [6.07, 6.45) is 17.4. The van der Waals surface area contributed by atoms with Gasteiger partial charge in [0, 0.05) is 32.4 Å². The van der Waals surface area contributed by atoms with Gasteiger partial charge in [0.05, 0.1) is 46.2 Å². The second-order valence-electron chi connectivity index (χ2n) is 10.5. The number of carbonyl (C=O) groups is 5. The third-order valence-corrected chi connectivity index (χ3v) is 5.91. The number of rotatable bonds is 31. The molecule has 0 aliphatic rings. The predicted molar refractivity (Wildman–Crippen MR) is 183 cm³/mol. The van der Waals surface area contributed by atoms with Gasteiger partial charge in [-0.3, -0.25) is 19.2 Å². The van der Waals surface area contributed by atoms with Crippen LogP contribution in [0, 0.1) is 0 Å². The Morgan fingerprint density at radius 1 is 0.553 bits per heavy atom. The summed E-state index contributed by atoms with van der Waals surface area (Å²) in [4.78, 5) is 50.1. The first-order chi connectivity index (χ1) is 22.8. The van der Waals surface area contributed by atoms with Gasteiger partial charge in [0.2, 0.25) is 12.3 Å². The van der Waals surface area contributed by atoms with Crippen molar-refractivity contribution in [3.8, 4) is 0 Å². The van der Waals surface area contributed by atoms with Crippen LogP contribution in [0.1, 0.15) is 130 Å². The third kappa shape index (κ3) is 66.7. The SMILES string of the molecule is CC=O.CCC.NC=O.O=C(O)CCCCCCCCCCCCCCC(=O)NCCOCCOCCOCCOCCCC(=O)O. The molecule has 0 unspecified atom stereocenters. The van der Waals surface area contributed by atoms with E-state index in [0.717, 1.165) is 38.4 Å². The smallest absolute Gasteiger partial charge is 0.303 e. The standard InChI is InChI=1S/C28H53NO9.C3H8.C2H4O.CH3NO/c30-26(14-11-9-7-5-3-1-2-4-6-8-10-12-15-27(31)32)29-17-19-36-21-23-38-25-24-37-22-20-35-18-13-16-28(33)34;1-3-2;1-2-3;2-1-3/h1-25H2,(H,29,30)(H,31,32)(H,33,34);3H2,1-2H3;2H,1H3;1H,(H2,2,3). The topological polar surface area (TPSA) is 201 Å². The van der Waals surface area contributed by atoms with E-state index in [-0.39, 0.29) is 18.7 Å². The van der Waals surface area contributed by atoms with Crippen LogP contribution in [0.15, 0.2) is 0 Å². The summed E-state index contributed by atoms with van der Waals surface area (Å²) in [6.45, 7) is 9.86. The van der Waals surface area contributed by atoms with Gasteiger partial charge >= 0.3 is 11.9 Å². The van der Waals surface area contributed by atoms with Crippen molar-refractivity contribution in [2.75, 3.05) is 59.4 Å². The molecule has 0 spiro atoms. The van der Waals surface area contributed by atoms with Crippen LogP contribution in [-0.2, 0) is 42.9 Å². The van der Waals surface area contributed by atoms with Gasteiger partial charge < -0.3 is 45.0 Å². The molecule has 0 aromatic rings. The highest BCUT2D eigenvalue weighted by atomic mass is 16.6. The third-order valence-electron chi connectivity index (χ3n) is 5.91. The first-order valence-electron chi connectivity index (χ1n) is 17.3. The second-order valence-corrected chi connectivity index (χ2v) is 10.5. The number of hydrogen-bond acceptors (Lipinski definition) is 9. The average molecular weight is 681 g/mol. The quantitative estimate of drug-likeness (QED) is 0.0547. The van der Waals surface area contributed by atoms with Crippen LogP contribution in [-0.4, -0.2) is 100 Å². The molecule has 280 valence electrons.